The summed E-state index contributed by atoms with van der Waals surface area (Å²) in [6.45, 7) is 3.75. The molecule has 0 bridgehead atoms. The number of rotatable bonds is 6. The van der Waals surface area contributed by atoms with E-state index in [-0.39, 0.29) is 5.92 Å². The summed E-state index contributed by atoms with van der Waals surface area (Å²) in [5.41, 5.74) is 0.472. The molecule has 1 amide bonds. The smallest absolute Gasteiger partial charge is 0.330 e. The molecule has 1 aromatic carbocycles. The first-order chi connectivity index (χ1) is 8.91. The molecule has 2 atom stereocenters. The van der Waals surface area contributed by atoms with Crippen LogP contribution in [0.2, 0.25) is 0 Å². The molecule has 0 aliphatic rings. The number of amides is 1. The Morgan fingerprint density at radius 2 is 1.79 bits per heavy atom. The Morgan fingerprint density at radius 3 is 2.26 bits per heavy atom. The fourth-order valence-electron chi connectivity index (χ4n) is 1.73. The first-order valence-electron chi connectivity index (χ1n) is 6.18. The van der Waals surface area contributed by atoms with Crippen LogP contribution in [0.25, 0.3) is 0 Å². The van der Waals surface area contributed by atoms with Gasteiger partial charge in [0.25, 0.3) is 0 Å². The molecule has 5 heteroatoms. The third-order valence-electron chi connectivity index (χ3n) is 2.66. The van der Waals surface area contributed by atoms with Gasteiger partial charge in [-0.15, -0.1) is 0 Å². The summed E-state index contributed by atoms with van der Waals surface area (Å²) in [5.74, 6) is -1.66. The third-order valence-corrected chi connectivity index (χ3v) is 2.66. The highest BCUT2D eigenvalue weighted by Gasteiger charge is 2.25. The Kier molecular flexibility index (Phi) is 5.51. The van der Waals surface area contributed by atoms with Crippen molar-refractivity contribution in [1.29, 1.82) is 0 Å². The molecule has 0 aliphatic heterocycles. The zero-order valence-electron chi connectivity index (χ0n) is 11.0. The number of aliphatic hydroxyl groups excluding tert-OH is 1. The highest BCUT2D eigenvalue weighted by molar-refractivity contribution is 5.86. The van der Waals surface area contributed by atoms with Crippen LogP contribution in [0.1, 0.15) is 31.9 Å². The van der Waals surface area contributed by atoms with Crippen molar-refractivity contribution in [3.8, 4) is 0 Å². The number of benzene rings is 1. The molecule has 5 nitrogen and oxygen atoms in total. The minimum Gasteiger partial charge on any atom is -0.479 e. The van der Waals surface area contributed by atoms with Crippen molar-refractivity contribution in [2.45, 2.75) is 32.4 Å². The predicted molar refractivity (Wildman–Crippen MR) is 70.4 cm³/mol. The lowest BCUT2D eigenvalue weighted by Crippen LogP contribution is -2.40. The Morgan fingerprint density at radius 1 is 1.21 bits per heavy atom. The molecule has 0 fully saturated rings. The molecule has 0 aliphatic carbocycles. The Balaban J connectivity index is 2.75. The minimum atomic E-state index is -1.19. The highest BCUT2D eigenvalue weighted by atomic mass is 16.4. The van der Waals surface area contributed by atoms with Crippen LogP contribution < -0.4 is 5.32 Å². The summed E-state index contributed by atoms with van der Waals surface area (Å²) in [7, 11) is 0. The molecule has 1 rings (SSSR count). The summed E-state index contributed by atoms with van der Waals surface area (Å²) in [4.78, 5) is 22.9. The van der Waals surface area contributed by atoms with Gasteiger partial charge < -0.3 is 15.5 Å². The number of hydrogen-bond acceptors (Lipinski definition) is 3. The van der Waals surface area contributed by atoms with E-state index >= 15 is 0 Å². The summed E-state index contributed by atoms with van der Waals surface area (Å²) in [5, 5.41) is 21.2. The van der Waals surface area contributed by atoms with Gasteiger partial charge in [-0.2, -0.15) is 0 Å². The van der Waals surface area contributed by atoms with Gasteiger partial charge in [0.15, 0.2) is 6.04 Å². The van der Waals surface area contributed by atoms with Gasteiger partial charge in [-0.1, -0.05) is 44.2 Å². The van der Waals surface area contributed by atoms with Crippen LogP contribution in [0, 0.1) is 5.92 Å². The van der Waals surface area contributed by atoms with Gasteiger partial charge in [-0.3, -0.25) is 4.79 Å². The number of carbonyl (C=O) groups excluding carboxylic acids is 1. The van der Waals surface area contributed by atoms with Crippen LogP contribution in [-0.4, -0.2) is 28.2 Å². The van der Waals surface area contributed by atoms with Crippen molar-refractivity contribution in [3.05, 3.63) is 35.9 Å². The summed E-state index contributed by atoms with van der Waals surface area (Å²) in [6, 6.07) is 7.25. The number of nitrogens with one attached hydrogen (secondary N) is 1. The average Bonchev–Trinajstić information content (AvgIpc) is 2.35. The Labute approximate surface area is 112 Å². The lowest BCUT2D eigenvalue weighted by molar-refractivity contribution is -0.143. The molecule has 1 aromatic rings. The lowest BCUT2D eigenvalue weighted by Gasteiger charge is -2.18. The monoisotopic (exact) mass is 265 g/mol. The van der Waals surface area contributed by atoms with Crippen molar-refractivity contribution in [2.24, 2.45) is 5.92 Å². The zero-order valence-corrected chi connectivity index (χ0v) is 11.0. The number of aliphatic hydroxyl groups is 1. The predicted octanol–water partition coefficient (Wildman–Crippen LogP) is 1.34. The molecule has 0 spiro atoms. The minimum absolute atomic E-state index is 0.153. The first-order valence-corrected chi connectivity index (χ1v) is 6.18. The molecule has 19 heavy (non-hydrogen) atoms. The third kappa shape index (κ3) is 4.71. The van der Waals surface area contributed by atoms with E-state index in [1.807, 2.05) is 13.8 Å². The van der Waals surface area contributed by atoms with Gasteiger partial charge in [-0.25, -0.2) is 4.79 Å². The van der Waals surface area contributed by atoms with Crippen LogP contribution in [0.5, 0.6) is 0 Å². The van der Waals surface area contributed by atoms with Crippen LogP contribution in [-0.2, 0) is 9.59 Å². The zero-order chi connectivity index (χ0) is 14.4. The molecule has 0 radical (unpaired) electrons. The lowest BCUT2D eigenvalue weighted by atomic mass is 10.0. The second kappa shape index (κ2) is 6.89. The van der Waals surface area contributed by atoms with Crippen molar-refractivity contribution < 1.29 is 19.8 Å². The SMILES string of the molecule is CC(C)C[C@H](O)C(=O)NC(C(=O)O)c1ccccc1. The highest BCUT2D eigenvalue weighted by Crippen LogP contribution is 2.14. The number of aliphatic carboxylic acids is 1. The van der Waals surface area contributed by atoms with E-state index in [0.29, 0.717) is 12.0 Å². The fraction of sp³-hybridized carbons (Fsp3) is 0.429. The van der Waals surface area contributed by atoms with Crippen LogP contribution in [0.15, 0.2) is 30.3 Å². The fourth-order valence-corrected chi connectivity index (χ4v) is 1.73. The van der Waals surface area contributed by atoms with Crippen LogP contribution in [0.3, 0.4) is 0 Å². The van der Waals surface area contributed by atoms with Crippen LogP contribution >= 0.6 is 0 Å². The van der Waals surface area contributed by atoms with Crippen molar-refractivity contribution in [1.82, 2.24) is 5.32 Å². The van der Waals surface area contributed by atoms with E-state index in [2.05, 4.69) is 5.32 Å². The Hall–Kier alpha value is -1.88. The normalized spacial score (nSPS) is 13.9. The van der Waals surface area contributed by atoms with E-state index in [4.69, 9.17) is 5.11 Å². The first kappa shape index (κ1) is 15.2. The van der Waals surface area contributed by atoms with Gasteiger partial charge in [0, 0.05) is 0 Å². The second-order valence-corrected chi connectivity index (χ2v) is 4.84. The number of carboxylic acids is 1. The van der Waals surface area contributed by atoms with E-state index in [1.54, 1.807) is 30.3 Å². The Bertz CT molecular complexity index is 430. The molecule has 104 valence electrons. The van der Waals surface area contributed by atoms with Crippen molar-refractivity contribution >= 4 is 11.9 Å². The quantitative estimate of drug-likeness (QED) is 0.724. The molecule has 1 unspecified atom stereocenters. The van der Waals surface area contributed by atoms with Gasteiger partial charge in [0.1, 0.15) is 6.10 Å². The average molecular weight is 265 g/mol. The summed E-state index contributed by atoms with van der Waals surface area (Å²) < 4.78 is 0. The van der Waals surface area contributed by atoms with Crippen molar-refractivity contribution in [2.75, 3.05) is 0 Å². The van der Waals surface area contributed by atoms with Gasteiger partial charge >= 0.3 is 5.97 Å². The van der Waals surface area contributed by atoms with E-state index in [1.165, 1.54) is 0 Å². The number of carbonyl (C=O) groups is 2. The molecular weight excluding hydrogens is 246 g/mol. The maximum atomic E-state index is 11.7. The number of hydrogen-bond donors (Lipinski definition) is 3. The molecule has 0 heterocycles. The molecule has 0 saturated heterocycles. The van der Waals surface area contributed by atoms with Gasteiger partial charge in [0.2, 0.25) is 5.91 Å². The second-order valence-electron chi connectivity index (χ2n) is 4.84. The summed E-state index contributed by atoms with van der Waals surface area (Å²) >= 11 is 0. The molecule has 3 N–H and O–H groups in total. The molecule has 0 saturated carbocycles. The molecule has 0 aromatic heterocycles. The van der Waals surface area contributed by atoms with E-state index in [0.717, 1.165) is 0 Å². The topological polar surface area (TPSA) is 86.6 Å². The maximum Gasteiger partial charge on any atom is 0.330 e. The van der Waals surface area contributed by atoms with Crippen LogP contribution in [0.4, 0.5) is 0 Å². The standard InChI is InChI=1S/C14H19NO4/c1-9(2)8-11(16)13(17)15-12(14(18)19)10-6-4-3-5-7-10/h3-7,9,11-12,16H,8H2,1-2H3,(H,15,17)(H,18,19)/t11-,12?/m0/s1. The van der Waals surface area contributed by atoms with Gasteiger partial charge in [-0.05, 0) is 17.9 Å². The number of carboxylic acid groups (broad SMARTS) is 1. The van der Waals surface area contributed by atoms with E-state index in [9.17, 15) is 14.7 Å². The molecular formula is C14H19NO4. The van der Waals surface area contributed by atoms with E-state index < -0.39 is 24.0 Å². The van der Waals surface area contributed by atoms with Gasteiger partial charge in [0.05, 0.1) is 0 Å². The van der Waals surface area contributed by atoms with Crippen molar-refractivity contribution in [3.63, 3.8) is 0 Å². The largest absolute Gasteiger partial charge is 0.479 e. The maximum absolute atomic E-state index is 11.7. The summed E-state index contributed by atoms with van der Waals surface area (Å²) in [6.07, 6.45) is -0.891.